The zero-order chi connectivity index (χ0) is 11.0. The van der Waals surface area contributed by atoms with Crippen LogP contribution in [0.15, 0.2) is 24.4 Å². The second-order valence-electron chi connectivity index (χ2n) is 2.92. The van der Waals surface area contributed by atoms with Gasteiger partial charge in [-0.15, -0.1) is 0 Å². The standard InChI is InChI=1S/C10H8N2O2S/c1-2-6(13)5-3-7(14)9-8(4-5)15-10(11)12-9/h3-4,13-14H,1H2,(H2,11,12). The summed E-state index contributed by atoms with van der Waals surface area (Å²) in [7, 11) is 0. The van der Waals surface area contributed by atoms with Gasteiger partial charge in [-0.3, -0.25) is 0 Å². The highest BCUT2D eigenvalue weighted by atomic mass is 32.1. The van der Waals surface area contributed by atoms with E-state index in [9.17, 15) is 10.2 Å². The van der Waals surface area contributed by atoms with E-state index in [0.717, 1.165) is 0 Å². The quantitative estimate of drug-likeness (QED) is 0.508. The largest absolute Gasteiger partial charge is 0.506 e. The highest BCUT2D eigenvalue weighted by Gasteiger charge is 2.09. The van der Waals surface area contributed by atoms with Crippen molar-refractivity contribution in [2.45, 2.75) is 0 Å². The predicted octanol–water partition coefficient (Wildman–Crippen LogP) is 2.27. The zero-order valence-electron chi connectivity index (χ0n) is 7.69. The molecule has 1 heterocycles. The molecule has 0 aliphatic carbocycles. The van der Waals surface area contributed by atoms with Crippen molar-refractivity contribution in [1.29, 1.82) is 0 Å². The Morgan fingerprint density at radius 2 is 2.27 bits per heavy atom. The van der Waals surface area contributed by atoms with E-state index in [0.29, 0.717) is 20.9 Å². The van der Waals surface area contributed by atoms with E-state index in [-0.39, 0.29) is 11.5 Å². The molecule has 0 amide bonds. The predicted molar refractivity (Wildman–Crippen MR) is 60.9 cm³/mol. The average molecular weight is 220 g/mol. The molecule has 0 bridgehead atoms. The molecule has 0 atom stereocenters. The van der Waals surface area contributed by atoms with Gasteiger partial charge in [-0.25, -0.2) is 4.98 Å². The highest BCUT2D eigenvalue weighted by Crippen LogP contribution is 2.33. The van der Waals surface area contributed by atoms with E-state index in [1.54, 1.807) is 6.07 Å². The number of phenolic OH excluding ortho intramolecular Hbond substituents is 1. The Balaban J connectivity index is 2.77. The number of nitrogen functional groups attached to an aromatic ring is 1. The minimum absolute atomic E-state index is 0.0164. The van der Waals surface area contributed by atoms with Gasteiger partial charge in [-0.1, -0.05) is 23.6 Å². The fourth-order valence-electron chi connectivity index (χ4n) is 1.27. The van der Waals surface area contributed by atoms with E-state index in [4.69, 9.17) is 5.73 Å². The lowest BCUT2D eigenvalue weighted by Gasteiger charge is -1.99. The second kappa shape index (κ2) is 3.31. The smallest absolute Gasteiger partial charge is 0.181 e. The number of thiazole rings is 1. The number of fused-ring (bicyclic) bond motifs is 1. The number of phenols is 1. The lowest BCUT2D eigenvalue weighted by atomic mass is 10.1. The van der Waals surface area contributed by atoms with Crippen LogP contribution in [0.3, 0.4) is 0 Å². The molecule has 0 aliphatic heterocycles. The van der Waals surface area contributed by atoms with Crippen molar-refractivity contribution in [2.24, 2.45) is 0 Å². The van der Waals surface area contributed by atoms with Crippen LogP contribution >= 0.6 is 11.3 Å². The van der Waals surface area contributed by atoms with Crippen LogP contribution in [0, 0.1) is 0 Å². The maximum Gasteiger partial charge on any atom is 0.181 e. The molecule has 0 saturated carbocycles. The summed E-state index contributed by atoms with van der Waals surface area (Å²) >= 11 is 1.24. The Hall–Kier alpha value is -1.97. The molecule has 4 nitrogen and oxygen atoms in total. The third-order valence-corrected chi connectivity index (χ3v) is 2.76. The van der Waals surface area contributed by atoms with Crippen LogP contribution in [0.2, 0.25) is 0 Å². The van der Waals surface area contributed by atoms with Gasteiger partial charge in [0.15, 0.2) is 10.9 Å². The first-order valence-corrected chi connectivity index (χ1v) is 4.92. The van der Waals surface area contributed by atoms with Crippen LogP contribution in [0.4, 0.5) is 5.13 Å². The number of anilines is 1. The lowest BCUT2D eigenvalue weighted by Crippen LogP contribution is -1.82. The molecule has 0 unspecified atom stereocenters. The van der Waals surface area contributed by atoms with E-state index in [1.165, 1.54) is 17.4 Å². The summed E-state index contributed by atoms with van der Waals surface area (Å²) in [4.78, 5) is 3.96. The molecule has 0 spiro atoms. The number of aromatic hydroxyl groups is 1. The first kappa shape index (κ1) is 9.58. The number of nitrogens with two attached hydrogens (primary N) is 1. The van der Waals surface area contributed by atoms with Gasteiger partial charge in [0.05, 0.1) is 4.70 Å². The maximum absolute atomic E-state index is 9.63. The van der Waals surface area contributed by atoms with Crippen molar-refractivity contribution in [3.63, 3.8) is 0 Å². The van der Waals surface area contributed by atoms with Gasteiger partial charge in [0.25, 0.3) is 0 Å². The van der Waals surface area contributed by atoms with Crippen LogP contribution in [-0.2, 0) is 0 Å². The lowest BCUT2D eigenvalue weighted by molar-refractivity contribution is 0.478. The van der Waals surface area contributed by atoms with Gasteiger partial charge in [-0.05, 0) is 12.1 Å². The van der Waals surface area contributed by atoms with E-state index in [1.807, 2.05) is 0 Å². The summed E-state index contributed by atoms with van der Waals surface area (Å²) in [5.74, 6) is -0.128. The number of hydrogen-bond donors (Lipinski definition) is 3. The van der Waals surface area contributed by atoms with E-state index >= 15 is 0 Å². The van der Waals surface area contributed by atoms with Gasteiger partial charge >= 0.3 is 0 Å². The van der Waals surface area contributed by atoms with Crippen LogP contribution in [0.5, 0.6) is 5.75 Å². The summed E-state index contributed by atoms with van der Waals surface area (Å²) in [5, 5.41) is 19.4. The third kappa shape index (κ3) is 1.54. The summed E-state index contributed by atoms with van der Waals surface area (Å²) in [5.41, 5.74) is 8.75. The Morgan fingerprint density at radius 3 is 2.93 bits per heavy atom. The molecule has 0 fully saturated rings. The average Bonchev–Trinajstić information content (AvgIpc) is 2.58. The minimum Gasteiger partial charge on any atom is -0.506 e. The molecule has 0 saturated heterocycles. The summed E-state index contributed by atoms with van der Waals surface area (Å²) in [6.45, 7) is 3.32. The fourth-order valence-corrected chi connectivity index (χ4v) is 2.06. The third-order valence-electron chi connectivity index (χ3n) is 1.93. The first-order valence-electron chi connectivity index (χ1n) is 4.10. The molecular weight excluding hydrogens is 212 g/mol. The highest BCUT2D eigenvalue weighted by molar-refractivity contribution is 7.22. The van der Waals surface area contributed by atoms with Crippen molar-refractivity contribution < 1.29 is 10.2 Å². The molecule has 2 rings (SSSR count). The number of nitrogens with zero attached hydrogens (tertiary/aromatic N) is 1. The maximum atomic E-state index is 9.63. The topological polar surface area (TPSA) is 79.4 Å². The summed E-state index contributed by atoms with van der Waals surface area (Å²) in [6, 6.07) is 3.08. The molecule has 1 aromatic heterocycles. The van der Waals surface area contributed by atoms with E-state index < -0.39 is 0 Å². The Kier molecular flexibility index (Phi) is 2.11. The van der Waals surface area contributed by atoms with E-state index in [2.05, 4.69) is 17.3 Å². The monoisotopic (exact) mass is 220 g/mol. The molecule has 0 aliphatic rings. The van der Waals surface area contributed by atoms with Gasteiger partial charge in [0, 0.05) is 5.56 Å². The Labute approximate surface area is 89.6 Å². The van der Waals surface area contributed by atoms with Crippen LogP contribution in [-0.4, -0.2) is 15.2 Å². The van der Waals surface area contributed by atoms with Crippen molar-refractivity contribution in [3.05, 3.63) is 30.0 Å². The minimum atomic E-state index is -0.112. The molecule has 15 heavy (non-hydrogen) atoms. The number of rotatable bonds is 1. The van der Waals surface area contributed by atoms with Crippen molar-refractivity contribution >= 4 is 32.4 Å². The normalized spacial score (nSPS) is 10.1. The Bertz CT molecular complexity index is 582. The SMILES string of the molecule is C=C=C(O)c1cc(O)c2nc(N)sc2c1. The van der Waals surface area contributed by atoms with Crippen molar-refractivity contribution in [1.82, 2.24) is 4.98 Å². The summed E-state index contributed by atoms with van der Waals surface area (Å²) < 4.78 is 0.712. The Morgan fingerprint density at radius 1 is 1.53 bits per heavy atom. The number of aromatic nitrogens is 1. The molecular formula is C10H8N2O2S. The van der Waals surface area contributed by atoms with Gasteiger partial charge in [0.1, 0.15) is 11.3 Å². The molecule has 76 valence electrons. The second-order valence-corrected chi connectivity index (χ2v) is 3.98. The number of aliphatic hydroxyl groups is 1. The number of benzene rings is 1. The first-order chi connectivity index (χ1) is 7.11. The zero-order valence-corrected chi connectivity index (χ0v) is 8.51. The number of hydrogen-bond acceptors (Lipinski definition) is 5. The van der Waals surface area contributed by atoms with Crippen molar-refractivity contribution in [2.75, 3.05) is 5.73 Å². The van der Waals surface area contributed by atoms with Gasteiger partial charge in [-0.2, -0.15) is 0 Å². The van der Waals surface area contributed by atoms with Crippen molar-refractivity contribution in [3.8, 4) is 5.75 Å². The van der Waals surface area contributed by atoms with Gasteiger partial charge < -0.3 is 15.9 Å². The van der Waals surface area contributed by atoms with Crippen LogP contribution in [0.25, 0.3) is 16.0 Å². The molecule has 4 N–H and O–H groups in total. The van der Waals surface area contributed by atoms with Gasteiger partial charge in [0.2, 0.25) is 0 Å². The number of aliphatic hydroxyl groups excluding tert-OH is 1. The molecule has 5 heteroatoms. The molecule has 2 aromatic rings. The molecule has 1 aromatic carbocycles. The van der Waals surface area contributed by atoms with Crippen LogP contribution < -0.4 is 5.73 Å². The van der Waals surface area contributed by atoms with Crippen LogP contribution in [0.1, 0.15) is 5.56 Å². The molecule has 0 radical (unpaired) electrons. The fraction of sp³-hybridized carbons (Fsp3) is 0. The summed E-state index contributed by atoms with van der Waals surface area (Å²) in [6.07, 6.45) is 0.